The molecule has 0 saturated heterocycles. The first-order valence-corrected chi connectivity index (χ1v) is 5.73. The monoisotopic (exact) mass is 250 g/mol. The number of halogens is 1. The highest BCUT2D eigenvalue weighted by Crippen LogP contribution is 2.42. The van der Waals surface area contributed by atoms with E-state index in [1.165, 1.54) is 0 Å². The number of aliphatic hydroxyl groups is 1. The minimum absolute atomic E-state index is 0.578. The van der Waals surface area contributed by atoms with Crippen LogP contribution in [0.2, 0.25) is 0 Å². The zero-order chi connectivity index (χ0) is 9.90. The quantitative estimate of drug-likeness (QED) is 0.749. The third-order valence-corrected chi connectivity index (χ3v) is 3.48. The first kappa shape index (κ1) is 11.0. The topological polar surface area (TPSA) is 57.5 Å². The van der Waals surface area contributed by atoms with Gasteiger partial charge in [0.2, 0.25) is 0 Å². The van der Waals surface area contributed by atoms with Crippen molar-refractivity contribution in [2.24, 2.45) is 5.41 Å². The molecular weight excluding hydrogens is 236 g/mol. The Morgan fingerprint density at radius 1 is 1.62 bits per heavy atom. The van der Waals surface area contributed by atoms with E-state index < -0.39 is 17.5 Å². The van der Waals surface area contributed by atoms with Gasteiger partial charge in [-0.3, -0.25) is 4.79 Å². The Labute approximate surface area is 86.3 Å². The molecule has 0 heterocycles. The molecule has 2 atom stereocenters. The van der Waals surface area contributed by atoms with E-state index in [2.05, 4.69) is 15.9 Å². The number of aliphatic hydroxyl groups excluding tert-OH is 1. The van der Waals surface area contributed by atoms with E-state index in [0.717, 1.165) is 18.2 Å². The summed E-state index contributed by atoms with van der Waals surface area (Å²) in [5, 5.41) is 19.5. The molecule has 1 aliphatic carbocycles. The molecule has 4 heteroatoms. The molecule has 0 aromatic heterocycles. The van der Waals surface area contributed by atoms with Crippen molar-refractivity contribution in [3.05, 3.63) is 0 Å². The van der Waals surface area contributed by atoms with Crippen LogP contribution in [0, 0.1) is 5.41 Å². The van der Waals surface area contributed by atoms with Crippen molar-refractivity contribution >= 4 is 21.9 Å². The van der Waals surface area contributed by atoms with Gasteiger partial charge in [-0.05, 0) is 32.1 Å². The third kappa shape index (κ3) is 2.05. The molecule has 0 aliphatic heterocycles. The van der Waals surface area contributed by atoms with E-state index in [9.17, 15) is 9.90 Å². The van der Waals surface area contributed by atoms with Gasteiger partial charge in [-0.15, -0.1) is 0 Å². The zero-order valence-electron chi connectivity index (χ0n) is 7.50. The molecule has 0 amide bonds. The normalized spacial score (nSPS) is 33.5. The molecule has 0 bridgehead atoms. The van der Waals surface area contributed by atoms with Crippen molar-refractivity contribution in [1.82, 2.24) is 0 Å². The maximum Gasteiger partial charge on any atom is 0.312 e. The summed E-state index contributed by atoms with van der Waals surface area (Å²) in [6.07, 6.45) is 2.82. The molecular formula is C9H15BrO3. The molecule has 0 radical (unpaired) electrons. The number of alkyl halides is 1. The maximum atomic E-state index is 11.1. The molecule has 76 valence electrons. The average Bonchev–Trinajstić information content (AvgIpc) is 2.45. The lowest BCUT2D eigenvalue weighted by atomic mass is 9.80. The van der Waals surface area contributed by atoms with Crippen LogP contribution in [0.25, 0.3) is 0 Å². The number of carboxylic acids is 1. The fourth-order valence-corrected chi connectivity index (χ4v) is 2.36. The second kappa shape index (κ2) is 4.42. The largest absolute Gasteiger partial charge is 0.481 e. The van der Waals surface area contributed by atoms with Gasteiger partial charge in [0.15, 0.2) is 0 Å². The van der Waals surface area contributed by atoms with Crippen molar-refractivity contribution in [3.8, 4) is 0 Å². The second-order valence-electron chi connectivity index (χ2n) is 3.66. The lowest BCUT2D eigenvalue weighted by Gasteiger charge is -2.27. The van der Waals surface area contributed by atoms with Gasteiger partial charge in [0.1, 0.15) is 0 Å². The van der Waals surface area contributed by atoms with Gasteiger partial charge in [0, 0.05) is 5.33 Å². The SMILES string of the molecule is O=C(O)[C@]1(CCCBr)CCC[C@H]1O. The van der Waals surface area contributed by atoms with Crippen LogP contribution in [0.15, 0.2) is 0 Å². The molecule has 0 aromatic rings. The highest BCUT2D eigenvalue weighted by molar-refractivity contribution is 9.09. The Morgan fingerprint density at radius 3 is 2.69 bits per heavy atom. The molecule has 1 rings (SSSR count). The smallest absolute Gasteiger partial charge is 0.312 e. The molecule has 0 aromatic carbocycles. The summed E-state index contributed by atoms with van der Waals surface area (Å²) in [5.74, 6) is -0.835. The summed E-state index contributed by atoms with van der Waals surface area (Å²) in [6.45, 7) is 0. The molecule has 3 nitrogen and oxygen atoms in total. The van der Waals surface area contributed by atoms with Gasteiger partial charge in [0.05, 0.1) is 11.5 Å². The number of aliphatic carboxylic acids is 1. The Balaban J connectivity index is 2.68. The van der Waals surface area contributed by atoms with Gasteiger partial charge >= 0.3 is 5.97 Å². The van der Waals surface area contributed by atoms with Crippen LogP contribution in [-0.4, -0.2) is 27.6 Å². The van der Waals surface area contributed by atoms with Gasteiger partial charge in [-0.1, -0.05) is 15.9 Å². The Morgan fingerprint density at radius 2 is 2.31 bits per heavy atom. The predicted octanol–water partition coefficient (Wildman–Crippen LogP) is 1.78. The Hall–Kier alpha value is -0.0900. The van der Waals surface area contributed by atoms with E-state index >= 15 is 0 Å². The number of carbonyl (C=O) groups is 1. The van der Waals surface area contributed by atoms with Crippen LogP contribution in [0.5, 0.6) is 0 Å². The van der Waals surface area contributed by atoms with Crippen LogP contribution in [0.1, 0.15) is 32.1 Å². The molecule has 2 N–H and O–H groups in total. The number of rotatable bonds is 4. The Bertz CT molecular complexity index is 195. The summed E-state index contributed by atoms with van der Waals surface area (Å²) < 4.78 is 0. The zero-order valence-corrected chi connectivity index (χ0v) is 9.09. The third-order valence-electron chi connectivity index (χ3n) is 2.92. The maximum absolute atomic E-state index is 11.1. The molecule has 0 spiro atoms. The summed E-state index contributed by atoms with van der Waals surface area (Å²) in [5.41, 5.74) is -0.853. The molecule has 1 saturated carbocycles. The highest BCUT2D eigenvalue weighted by Gasteiger charge is 2.47. The van der Waals surface area contributed by atoms with Crippen LogP contribution in [0.3, 0.4) is 0 Å². The van der Waals surface area contributed by atoms with Crippen molar-refractivity contribution in [1.29, 1.82) is 0 Å². The summed E-state index contributed by atoms with van der Waals surface area (Å²) in [6, 6.07) is 0. The minimum atomic E-state index is -0.853. The summed E-state index contributed by atoms with van der Waals surface area (Å²) >= 11 is 3.28. The van der Waals surface area contributed by atoms with Gasteiger partial charge in [0.25, 0.3) is 0 Å². The molecule has 13 heavy (non-hydrogen) atoms. The highest BCUT2D eigenvalue weighted by atomic mass is 79.9. The second-order valence-corrected chi connectivity index (χ2v) is 4.45. The fraction of sp³-hybridized carbons (Fsp3) is 0.889. The van der Waals surface area contributed by atoms with Crippen LogP contribution < -0.4 is 0 Å². The first-order valence-electron chi connectivity index (χ1n) is 4.61. The van der Waals surface area contributed by atoms with Crippen molar-refractivity contribution in [2.45, 2.75) is 38.2 Å². The average molecular weight is 251 g/mol. The number of hydrogen-bond donors (Lipinski definition) is 2. The lowest BCUT2D eigenvalue weighted by Crippen LogP contribution is -2.38. The molecule has 1 fully saturated rings. The van der Waals surface area contributed by atoms with Crippen LogP contribution in [-0.2, 0) is 4.79 Å². The van der Waals surface area contributed by atoms with Crippen molar-refractivity contribution in [3.63, 3.8) is 0 Å². The van der Waals surface area contributed by atoms with E-state index in [1.54, 1.807) is 0 Å². The Kier molecular flexibility index (Phi) is 3.74. The standard InChI is InChI=1S/C9H15BrO3/c10-6-2-5-9(8(12)13)4-1-3-7(9)11/h7,11H,1-6H2,(H,12,13)/t7-,9+/m1/s1. The number of hydrogen-bond acceptors (Lipinski definition) is 2. The van der Waals surface area contributed by atoms with E-state index in [1.807, 2.05) is 0 Å². The van der Waals surface area contributed by atoms with E-state index in [4.69, 9.17) is 5.11 Å². The summed E-state index contributed by atoms with van der Waals surface area (Å²) in [7, 11) is 0. The van der Waals surface area contributed by atoms with Gasteiger partial charge < -0.3 is 10.2 Å². The van der Waals surface area contributed by atoms with Gasteiger partial charge in [-0.2, -0.15) is 0 Å². The fourth-order valence-electron chi connectivity index (χ4n) is 2.08. The van der Waals surface area contributed by atoms with Gasteiger partial charge in [-0.25, -0.2) is 0 Å². The molecule has 1 aliphatic rings. The van der Waals surface area contributed by atoms with E-state index in [-0.39, 0.29) is 0 Å². The minimum Gasteiger partial charge on any atom is -0.481 e. The first-order chi connectivity index (χ1) is 6.13. The van der Waals surface area contributed by atoms with E-state index in [0.29, 0.717) is 19.3 Å². The van der Waals surface area contributed by atoms with Crippen molar-refractivity contribution < 1.29 is 15.0 Å². The predicted molar refractivity (Wildman–Crippen MR) is 53.0 cm³/mol. The van der Waals surface area contributed by atoms with Crippen LogP contribution >= 0.6 is 15.9 Å². The molecule has 0 unspecified atom stereocenters. The van der Waals surface area contributed by atoms with Crippen LogP contribution in [0.4, 0.5) is 0 Å². The van der Waals surface area contributed by atoms with Crippen molar-refractivity contribution in [2.75, 3.05) is 5.33 Å². The number of carboxylic acid groups (broad SMARTS) is 1. The lowest BCUT2D eigenvalue weighted by molar-refractivity contribution is -0.155. The summed E-state index contributed by atoms with van der Waals surface area (Å²) in [4.78, 5) is 11.1.